The van der Waals surface area contributed by atoms with Gasteiger partial charge in [0, 0.05) is 73.6 Å². The lowest BCUT2D eigenvalue weighted by atomic mass is 10.1. The Kier molecular flexibility index (Phi) is 18.5. The summed E-state index contributed by atoms with van der Waals surface area (Å²) in [4.78, 5) is 112. The number of unbranched alkanes of at least 4 members (excludes halogenated alkanes) is 2. The van der Waals surface area contributed by atoms with E-state index < -0.39 is 24.0 Å². The summed E-state index contributed by atoms with van der Waals surface area (Å²) in [6.45, 7) is 11.4. The van der Waals surface area contributed by atoms with Gasteiger partial charge in [0.15, 0.2) is 34.2 Å². The second-order valence-corrected chi connectivity index (χ2v) is 16.8. The zero-order chi connectivity index (χ0) is 52.8. The summed E-state index contributed by atoms with van der Waals surface area (Å²) in [5.74, 6) is -1.29. The Labute approximate surface area is 417 Å². The molecule has 0 saturated heterocycles. The molecule has 6 N–H and O–H groups in total. The molecular formula is C47H58N12O14. The predicted molar refractivity (Wildman–Crippen MR) is 252 cm³/mol. The fourth-order valence-corrected chi connectivity index (χ4v) is 7.35. The number of hydrogen-bond donors (Lipinski definition) is 6. The van der Waals surface area contributed by atoms with Crippen molar-refractivity contribution in [3.63, 3.8) is 0 Å². The number of amides is 6. The van der Waals surface area contributed by atoms with Crippen LogP contribution in [0.25, 0.3) is 46.3 Å². The first-order chi connectivity index (χ1) is 34.9. The number of nitrogens with one attached hydrogen (secondary N) is 6. The number of aromatic nitrogens is 6. The molecule has 6 heterocycles. The summed E-state index contributed by atoms with van der Waals surface area (Å²) >= 11 is 0. The third kappa shape index (κ3) is 14.8. The highest BCUT2D eigenvalue weighted by molar-refractivity contribution is 5.92. The summed E-state index contributed by atoms with van der Waals surface area (Å²) in [5, 5.41) is 16.7. The van der Waals surface area contributed by atoms with E-state index in [2.05, 4.69) is 56.8 Å². The lowest BCUT2D eigenvalue weighted by Gasteiger charge is -2.15. The van der Waals surface area contributed by atoms with Crippen LogP contribution in [-0.4, -0.2) is 105 Å². The normalized spacial score (nSPS) is 11.9. The van der Waals surface area contributed by atoms with Gasteiger partial charge < -0.3 is 63.1 Å². The molecule has 0 unspecified atom stereocenters. The Morgan fingerprint density at radius 3 is 1.36 bits per heavy atom. The molecule has 0 radical (unpaired) electrons. The quantitative estimate of drug-likeness (QED) is 0.0326. The van der Waals surface area contributed by atoms with Crippen LogP contribution in [0.1, 0.15) is 141 Å². The zero-order valence-electron chi connectivity index (χ0n) is 41.7. The maximum Gasteiger partial charge on any atom is 0.360 e. The lowest BCUT2D eigenvalue weighted by Crippen LogP contribution is -2.29. The fraction of sp³-hybridized carbons (Fsp3) is 0.468. The van der Waals surface area contributed by atoms with Gasteiger partial charge in [-0.25, -0.2) is 34.7 Å². The predicted octanol–water partition coefficient (Wildman–Crippen LogP) is 4.30. The Morgan fingerprint density at radius 1 is 0.493 bits per heavy atom. The molecule has 6 amide bonds. The first-order valence-corrected chi connectivity index (χ1v) is 23.4. The number of oxazole rings is 6. The van der Waals surface area contributed by atoms with Gasteiger partial charge in [0.1, 0.15) is 47.7 Å². The van der Waals surface area contributed by atoms with Gasteiger partial charge in [-0.3, -0.25) is 28.8 Å². The maximum atomic E-state index is 14.1. The standard InChI is InChI=1S/C47H58N12O14/c1-23-36(56-41(70-23)30(52-29(7)64)13-9-11-17-48-25(3)60)45-58-38(34(72-45)15-19-50-27(5)62)43-54-32(21-68-43)40(65)53-31(14-10-12-18-49-26(4)61)42-57-37(24(2)71-42)46-59-39(35(73-46)16-20-51-28(6)63)44-55-33(22-69-44)47(66)67-8/h21-22,30-31H,9-20H2,1-8H3,(H,48,60)(H,49,61)(H,50,62)(H,51,63)(H,52,64)(H,53,65)/t30-,31-/m0/s1. The molecule has 0 saturated carbocycles. The molecule has 0 aromatic carbocycles. The monoisotopic (exact) mass is 1010 g/mol. The van der Waals surface area contributed by atoms with Gasteiger partial charge in [-0.2, -0.15) is 0 Å². The van der Waals surface area contributed by atoms with Gasteiger partial charge in [-0.05, 0) is 52.4 Å². The van der Waals surface area contributed by atoms with E-state index in [0.29, 0.717) is 57.4 Å². The minimum Gasteiger partial charge on any atom is -0.464 e. The van der Waals surface area contributed by atoms with Crippen molar-refractivity contribution in [2.24, 2.45) is 0 Å². The number of rotatable bonds is 26. The van der Waals surface area contributed by atoms with Crippen molar-refractivity contribution in [1.82, 2.24) is 61.8 Å². The van der Waals surface area contributed by atoms with Gasteiger partial charge in [-0.1, -0.05) is 0 Å². The fourth-order valence-electron chi connectivity index (χ4n) is 7.35. The van der Waals surface area contributed by atoms with Crippen molar-refractivity contribution in [1.29, 1.82) is 0 Å². The second kappa shape index (κ2) is 25.1. The number of carbonyl (C=O) groups excluding carboxylic acids is 7. The summed E-state index contributed by atoms with van der Waals surface area (Å²) in [6.07, 6.45) is 5.65. The Morgan fingerprint density at radius 2 is 0.918 bits per heavy atom. The molecule has 6 rings (SSSR count). The van der Waals surface area contributed by atoms with Crippen molar-refractivity contribution >= 4 is 41.4 Å². The van der Waals surface area contributed by atoms with E-state index in [0.717, 1.165) is 12.5 Å². The van der Waals surface area contributed by atoms with E-state index in [9.17, 15) is 33.6 Å². The first kappa shape index (κ1) is 53.9. The summed E-state index contributed by atoms with van der Waals surface area (Å²) in [7, 11) is 1.20. The Bertz CT molecular complexity index is 2920. The molecular weight excluding hydrogens is 957 g/mol. The van der Waals surface area contributed by atoms with E-state index >= 15 is 0 Å². The van der Waals surface area contributed by atoms with Crippen molar-refractivity contribution in [2.45, 2.75) is 112 Å². The number of hydrogen-bond acceptors (Lipinski definition) is 20. The molecule has 0 aliphatic heterocycles. The number of aryl methyl sites for hydroxylation is 2. The molecule has 2 atom stereocenters. The van der Waals surface area contributed by atoms with Crippen LogP contribution in [0.4, 0.5) is 0 Å². The Hall–Kier alpha value is -8.45. The molecule has 0 aliphatic carbocycles. The third-order valence-corrected chi connectivity index (χ3v) is 10.8. The minimum atomic E-state index is -0.866. The highest BCUT2D eigenvalue weighted by Crippen LogP contribution is 2.35. The summed E-state index contributed by atoms with van der Waals surface area (Å²) < 4.78 is 40.7. The van der Waals surface area contributed by atoms with Gasteiger partial charge in [-0.15, -0.1) is 0 Å². The average molecular weight is 1020 g/mol. The molecule has 390 valence electrons. The highest BCUT2D eigenvalue weighted by atomic mass is 16.5. The van der Waals surface area contributed by atoms with Crippen LogP contribution in [0.15, 0.2) is 39.0 Å². The van der Waals surface area contributed by atoms with Crippen molar-refractivity contribution in [3.8, 4) is 46.3 Å². The van der Waals surface area contributed by atoms with E-state index in [1.165, 1.54) is 41.7 Å². The molecule has 6 aromatic heterocycles. The molecule has 0 aliphatic rings. The number of methoxy groups -OCH3 is 1. The van der Waals surface area contributed by atoms with Gasteiger partial charge in [0.2, 0.25) is 64.9 Å². The van der Waals surface area contributed by atoms with Crippen LogP contribution in [-0.2, 0) is 41.6 Å². The van der Waals surface area contributed by atoms with Gasteiger partial charge in [0.05, 0.1) is 7.11 Å². The zero-order valence-corrected chi connectivity index (χ0v) is 41.7. The number of ether oxygens (including phenoxy) is 1. The SMILES string of the molecule is COC(=O)c1coc(-c2nc(-c3nc([C@H](CCCCNC(C)=O)NC(=O)c4coc(-c5nc(-c6nc([C@H](CCCCNC(C)=O)NC(C)=O)oc6C)oc5CCNC(C)=O)n4)oc3C)oc2CCNC(C)=O)n1. The Balaban J connectivity index is 1.27. The van der Waals surface area contributed by atoms with Gasteiger partial charge in [0.25, 0.3) is 5.91 Å². The molecule has 0 bridgehead atoms. The van der Waals surface area contributed by atoms with Crippen LogP contribution in [0, 0.1) is 13.8 Å². The number of esters is 1. The van der Waals surface area contributed by atoms with Gasteiger partial charge >= 0.3 is 5.97 Å². The van der Waals surface area contributed by atoms with Crippen LogP contribution in [0.5, 0.6) is 0 Å². The van der Waals surface area contributed by atoms with Crippen molar-refractivity contribution in [2.75, 3.05) is 33.3 Å². The van der Waals surface area contributed by atoms with E-state index in [4.69, 9.17) is 36.2 Å². The van der Waals surface area contributed by atoms with E-state index in [1.807, 2.05) is 0 Å². The minimum absolute atomic E-state index is 0.00359. The van der Waals surface area contributed by atoms with E-state index in [-0.39, 0.29) is 142 Å². The molecule has 0 spiro atoms. The average Bonchev–Trinajstić information content (AvgIpc) is 4.20. The third-order valence-electron chi connectivity index (χ3n) is 10.8. The van der Waals surface area contributed by atoms with Crippen LogP contribution in [0.3, 0.4) is 0 Å². The smallest absolute Gasteiger partial charge is 0.360 e. The molecule has 6 aromatic rings. The van der Waals surface area contributed by atoms with Crippen LogP contribution < -0.4 is 31.9 Å². The van der Waals surface area contributed by atoms with Crippen molar-refractivity contribution < 1.29 is 64.8 Å². The topological polar surface area (TPSA) is 357 Å². The largest absolute Gasteiger partial charge is 0.464 e. The number of carbonyl (C=O) groups is 7. The van der Waals surface area contributed by atoms with E-state index in [1.54, 1.807) is 13.8 Å². The summed E-state index contributed by atoms with van der Waals surface area (Å²) in [6, 6.07) is -1.46. The molecule has 26 nitrogen and oxygen atoms in total. The second-order valence-electron chi connectivity index (χ2n) is 16.8. The van der Waals surface area contributed by atoms with Crippen molar-refractivity contribution in [3.05, 3.63) is 58.7 Å². The maximum absolute atomic E-state index is 14.1. The summed E-state index contributed by atoms with van der Waals surface area (Å²) in [5.41, 5.74) is 0.420. The lowest BCUT2D eigenvalue weighted by molar-refractivity contribution is -0.120. The van der Waals surface area contributed by atoms with Crippen LogP contribution >= 0.6 is 0 Å². The number of nitrogens with zero attached hydrogens (tertiary/aromatic N) is 6. The first-order valence-electron chi connectivity index (χ1n) is 23.4. The highest BCUT2D eigenvalue weighted by Gasteiger charge is 2.31. The van der Waals surface area contributed by atoms with Crippen LogP contribution in [0.2, 0.25) is 0 Å². The molecule has 73 heavy (non-hydrogen) atoms. The molecule has 26 heteroatoms. The molecule has 0 fully saturated rings.